The molecule has 0 unspecified atom stereocenters. The number of halogens is 2. The molecule has 0 fully saturated rings. The normalized spacial score (nSPS) is 11.2. The van der Waals surface area contributed by atoms with Gasteiger partial charge in [0.25, 0.3) is 0 Å². The molecule has 0 saturated heterocycles. The van der Waals surface area contributed by atoms with Crippen LogP contribution in [0.2, 0.25) is 5.02 Å². The Morgan fingerprint density at radius 2 is 1.66 bits per heavy atom. The summed E-state index contributed by atoms with van der Waals surface area (Å²) in [5.74, 6) is 0.818. The molecule has 32 heavy (non-hydrogen) atoms. The van der Waals surface area contributed by atoms with Crippen molar-refractivity contribution in [3.8, 4) is 5.75 Å². The summed E-state index contributed by atoms with van der Waals surface area (Å²) in [6.07, 6.45) is 4.26. The van der Waals surface area contributed by atoms with Crippen LogP contribution in [0.3, 0.4) is 0 Å². The number of hydrogen-bond donors (Lipinski definition) is 3. The van der Waals surface area contributed by atoms with Crippen LogP contribution in [-0.2, 0) is 0 Å². The van der Waals surface area contributed by atoms with E-state index in [-0.39, 0.29) is 12.4 Å². The van der Waals surface area contributed by atoms with Gasteiger partial charge in [-0.15, -0.1) is 12.4 Å². The first kappa shape index (κ1) is 26.4. The number of nitrogens with zero attached hydrogens (tertiary/aromatic N) is 2. The molecule has 1 heterocycles. The Morgan fingerprint density at radius 1 is 0.906 bits per heavy atom. The first-order valence-electron chi connectivity index (χ1n) is 11.1. The molecule has 6 nitrogen and oxygen atoms in total. The topological polar surface area (TPSA) is 89.4 Å². The van der Waals surface area contributed by atoms with Crippen molar-refractivity contribution in [1.29, 1.82) is 0 Å². The molecule has 0 bridgehead atoms. The van der Waals surface area contributed by atoms with Crippen LogP contribution in [0, 0.1) is 0 Å². The summed E-state index contributed by atoms with van der Waals surface area (Å²) in [4.78, 5) is 7.29. The third kappa shape index (κ3) is 7.09. The van der Waals surface area contributed by atoms with Crippen molar-refractivity contribution in [2.75, 3.05) is 51.7 Å². The Morgan fingerprint density at radius 3 is 2.41 bits per heavy atom. The minimum absolute atomic E-state index is 0. The van der Waals surface area contributed by atoms with Gasteiger partial charge in [-0.25, -0.2) is 4.98 Å². The number of fused-ring (bicyclic) bond motifs is 2. The number of pyridine rings is 1. The van der Waals surface area contributed by atoms with Gasteiger partial charge in [0.05, 0.1) is 23.8 Å². The van der Waals surface area contributed by atoms with Crippen LogP contribution in [0.5, 0.6) is 5.75 Å². The molecule has 8 heteroatoms. The van der Waals surface area contributed by atoms with Crippen molar-refractivity contribution in [2.45, 2.75) is 25.7 Å². The lowest BCUT2D eigenvalue weighted by atomic mass is 10.1. The van der Waals surface area contributed by atoms with Gasteiger partial charge in [0.1, 0.15) is 5.75 Å². The maximum Gasteiger partial charge on any atom is 0.119 e. The Labute approximate surface area is 202 Å². The van der Waals surface area contributed by atoms with Gasteiger partial charge in [-0.2, -0.15) is 0 Å². The van der Waals surface area contributed by atoms with Crippen LogP contribution in [0.25, 0.3) is 21.8 Å². The van der Waals surface area contributed by atoms with Crippen LogP contribution in [0.4, 0.5) is 5.69 Å². The van der Waals surface area contributed by atoms with E-state index in [1.54, 1.807) is 7.11 Å². The van der Waals surface area contributed by atoms with Crippen molar-refractivity contribution in [2.24, 2.45) is 11.5 Å². The van der Waals surface area contributed by atoms with Crippen molar-refractivity contribution < 1.29 is 4.74 Å². The fourth-order valence-corrected chi connectivity index (χ4v) is 4.03. The van der Waals surface area contributed by atoms with E-state index in [1.165, 1.54) is 0 Å². The highest BCUT2D eigenvalue weighted by Gasteiger charge is 2.11. The van der Waals surface area contributed by atoms with Gasteiger partial charge in [-0.3, -0.25) is 0 Å². The van der Waals surface area contributed by atoms with Crippen LogP contribution in [-0.4, -0.2) is 56.3 Å². The highest BCUT2D eigenvalue weighted by molar-refractivity contribution is 6.31. The highest BCUT2D eigenvalue weighted by Crippen LogP contribution is 2.34. The summed E-state index contributed by atoms with van der Waals surface area (Å²) in [7, 11) is 1.68. The van der Waals surface area contributed by atoms with E-state index in [1.807, 2.05) is 36.4 Å². The van der Waals surface area contributed by atoms with Gasteiger partial charge in [0, 0.05) is 22.3 Å². The Kier molecular flexibility index (Phi) is 11.3. The van der Waals surface area contributed by atoms with E-state index >= 15 is 0 Å². The zero-order valence-electron chi connectivity index (χ0n) is 18.8. The number of ether oxygens (including phenoxy) is 1. The number of methoxy groups -OCH3 is 1. The molecule has 0 saturated carbocycles. The molecule has 0 radical (unpaired) electrons. The second-order valence-corrected chi connectivity index (χ2v) is 8.23. The zero-order valence-corrected chi connectivity index (χ0v) is 20.4. The molecule has 0 aliphatic carbocycles. The van der Waals surface area contributed by atoms with Gasteiger partial charge >= 0.3 is 0 Å². The molecule has 5 N–H and O–H groups in total. The Bertz CT molecular complexity index is 985. The molecule has 0 atom stereocenters. The van der Waals surface area contributed by atoms with Gasteiger partial charge in [0.15, 0.2) is 0 Å². The lowest BCUT2D eigenvalue weighted by Crippen LogP contribution is -2.30. The van der Waals surface area contributed by atoms with Gasteiger partial charge in [-0.05, 0) is 94.8 Å². The fraction of sp³-hybridized carbons (Fsp3) is 0.458. The first-order chi connectivity index (χ1) is 15.2. The number of benzene rings is 2. The summed E-state index contributed by atoms with van der Waals surface area (Å²) in [5.41, 5.74) is 14.3. The molecule has 1 aromatic heterocycles. The number of aromatic nitrogens is 1. The average molecular weight is 480 g/mol. The van der Waals surface area contributed by atoms with E-state index in [9.17, 15) is 0 Å². The van der Waals surface area contributed by atoms with E-state index < -0.39 is 0 Å². The molecule has 176 valence electrons. The maximum absolute atomic E-state index is 6.22. The maximum atomic E-state index is 6.22. The van der Waals surface area contributed by atoms with Crippen LogP contribution >= 0.6 is 24.0 Å². The molecule has 0 aliphatic heterocycles. The van der Waals surface area contributed by atoms with Crippen LogP contribution < -0.4 is 21.5 Å². The average Bonchev–Trinajstić information content (AvgIpc) is 2.78. The first-order valence-corrected chi connectivity index (χ1v) is 11.5. The second kappa shape index (κ2) is 13.7. The predicted octanol–water partition coefficient (Wildman–Crippen LogP) is 4.66. The smallest absolute Gasteiger partial charge is 0.119 e. The summed E-state index contributed by atoms with van der Waals surface area (Å²) >= 11 is 6.22. The summed E-state index contributed by atoms with van der Waals surface area (Å²) in [5, 5.41) is 6.47. The fourth-order valence-electron chi connectivity index (χ4n) is 3.86. The van der Waals surface area contributed by atoms with Crippen molar-refractivity contribution >= 4 is 51.5 Å². The second-order valence-electron chi connectivity index (χ2n) is 7.79. The molecule has 3 aromatic rings. The lowest BCUT2D eigenvalue weighted by molar-refractivity contribution is 0.266. The third-order valence-electron chi connectivity index (χ3n) is 5.50. The number of rotatable bonds is 13. The molecule has 3 rings (SSSR count). The number of nitrogens with one attached hydrogen (secondary N) is 1. The van der Waals surface area contributed by atoms with Gasteiger partial charge < -0.3 is 26.4 Å². The summed E-state index contributed by atoms with van der Waals surface area (Å²) < 4.78 is 5.45. The van der Waals surface area contributed by atoms with Crippen molar-refractivity contribution in [3.05, 3.63) is 41.4 Å². The van der Waals surface area contributed by atoms with Crippen molar-refractivity contribution in [3.63, 3.8) is 0 Å². The van der Waals surface area contributed by atoms with E-state index in [4.69, 9.17) is 32.8 Å². The monoisotopic (exact) mass is 479 g/mol. The van der Waals surface area contributed by atoms with Gasteiger partial charge in [0.2, 0.25) is 0 Å². The lowest BCUT2D eigenvalue weighted by Gasteiger charge is -2.22. The summed E-state index contributed by atoms with van der Waals surface area (Å²) in [6, 6.07) is 11.8. The van der Waals surface area contributed by atoms with Crippen LogP contribution in [0.1, 0.15) is 25.7 Å². The quantitative estimate of drug-likeness (QED) is 0.244. The van der Waals surface area contributed by atoms with Crippen LogP contribution in [0.15, 0.2) is 36.4 Å². The Hall–Kier alpha value is -1.83. The highest BCUT2D eigenvalue weighted by atomic mass is 35.5. The number of unbranched alkanes of at least 4 members (excludes halogenated alkanes) is 1. The number of anilines is 1. The van der Waals surface area contributed by atoms with E-state index in [0.717, 1.165) is 98.2 Å². The molecule has 2 aromatic carbocycles. The molecular weight excluding hydrogens is 445 g/mol. The van der Waals surface area contributed by atoms with E-state index in [0.29, 0.717) is 5.02 Å². The SMILES string of the molecule is COc1ccc2nc3cc(Cl)ccc3c(NCCCN(CCCN)CCCCN)c2c1.Cl. The van der Waals surface area contributed by atoms with Gasteiger partial charge in [-0.1, -0.05) is 11.6 Å². The zero-order chi connectivity index (χ0) is 22.1. The predicted molar refractivity (Wildman–Crippen MR) is 140 cm³/mol. The largest absolute Gasteiger partial charge is 0.497 e. The molecular formula is C24H35Cl2N5O. The minimum atomic E-state index is 0. The molecule has 0 aliphatic rings. The van der Waals surface area contributed by atoms with E-state index in [2.05, 4.69) is 10.2 Å². The van der Waals surface area contributed by atoms with Crippen molar-refractivity contribution in [1.82, 2.24) is 9.88 Å². The Balaban J connectivity index is 0.00000363. The summed E-state index contributed by atoms with van der Waals surface area (Å²) in [6.45, 7) is 5.50. The standard InChI is InChI=1S/C24H34ClN5O.ClH/c1-31-19-7-9-22-21(17-19)24(20-8-6-18(25)16-23(20)29-22)28-12-5-15-30(14-4-11-27)13-3-2-10-26;/h6-9,16-17H,2-5,10-15,26-27H2,1H3,(H,28,29);1H. The number of nitrogens with two attached hydrogens (primary N) is 2. The molecule has 0 spiro atoms. The minimum Gasteiger partial charge on any atom is -0.497 e. The molecule has 0 amide bonds. The number of hydrogen-bond acceptors (Lipinski definition) is 6. The third-order valence-corrected chi connectivity index (χ3v) is 5.74.